The minimum absolute atomic E-state index is 0.152. The van der Waals surface area contributed by atoms with Gasteiger partial charge in [0, 0.05) is 22.7 Å². The molecule has 2 N–H and O–H groups in total. The zero-order chi connectivity index (χ0) is 25.9. The van der Waals surface area contributed by atoms with Crippen LogP contribution in [0.3, 0.4) is 0 Å². The van der Waals surface area contributed by atoms with Crippen LogP contribution in [0.1, 0.15) is 24.0 Å². The topological polar surface area (TPSA) is 110 Å². The molecule has 0 aliphatic rings. The molecule has 2 aromatic heterocycles. The number of hydrogen-bond donors (Lipinski definition) is 2. The molecule has 8 heteroatoms. The lowest BCUT2D eigenvalue weighted by Crippen LogP contribution is -2.13. The molecular weight excluding hydrogens is 468 g/mol. The van der Waals surface area contributed by atoms with Crippen molar-refractivity contribution in [3.05, 3.63) is 94.0 Å². The van der Waals surface area contributed by atoms with E-state index in [1.54, 1.807) is 6.07 Å². The number of aromatic amines is 1. The third kappa shape index (κ3) is 4.99. The van der Waals surface area contributed by atoms with E-state index >= 15 is 0 Å². The lowest BCUT2D eigenvalue weighted by molar-refractivity contribution is -0.384. The molecule has 5 aromatic rings. The van der Waals surface area contributed by atoms with Crippen LogP contribution in [-0.2, 0) is 11.2 Å². The van der Waals surface area contributed by atoms with Crippen LogP contribution in [0, 0.1) is 17.0 Å². The summed E-state index contributed by atoms with van der Waals surface area (Å²) in [6.45, 7) is 2.05. The van der Waals surface area contributed by atoms with Crippen LogP contribution >= 0.6 is 0 Å². The number of carbonyl (C=O) groups excluding carboxylic acids is 1. The molecule has 0 spiro atoms. The molecule has 186 valence electrons. The number of H-pyrrole nitrogens is 1. The predicted molar refractivity (Wildman–Crippen MR) is 145 cm³/mol. The second-order valence-electron chi connectivity index (χ2n) is 8.96. The minimum atomic E-state index is -0.532. The fourth-order valence-electron chi connectivity index (χ4n) is 4.58. The van der Waals surface area contributed by atoms with Gasteiger partial charge in [0.2, 0.25) is 5.91 Å². The average molecular weight is 495 g/mol. The summed E-state index contributed by atoms with van der Waals surface area (Å²) in [5.74, 6) is 0.0730. The van der Waals surface area contributed by atoms with E-state index in [-0.39, 0.29) is 23.7 Å². The van der Waals surface area contributed by atoms with Crippen LogP contribution in [0.15, 0.2) is 72.8 Å². The number of methoxy groups -OCH3 is 1. The highest BCUT2D eigenvalue weighted by Gasteiger charge is 2.19. The average Bonchev–Trinajstić information content (AvgIpc) is 3.26. The highest BCUT2D eigenvalue weighted by molar-refractivity contribution is 5.94. The molecule has 0 bridgehead atoms. The van der Waals surface area contributed by atoms with E-state index in [1.807, 2.05) is 30.3 Å². The van der Waals surface area contributed by atoms with Crippen molar-refractivity contribution in [1.82, 2.24) is 9.97 Å². The molecule has 0 aliphatic heterocycles. The van der Waals surface area contributed by atoms with Gasteiger partial charge >= 0.3 is 0 Å². The Hall–Kier alpha value is -4.72. The van der Waals surface area contributed by atoms with Gasteiger partial charge < -0.3 is 15.0 Å². The number of nitro benzene ring substituents is 1. The molecule has 0 unspecified atom stereocenters. The van der Waals surface area contributed by atoms with Gasteiger partial charge in [-0.3, -0.25) is 14.9 Å². The first-order chi connectivity index (χ1) is 17.9. The first-order valence-electron chi connectivity index (χ1n) is 12.0. The molecule has 0 fully saturated rings. The fraction of sp³-hybridized carbons (Fsp3) is 0.172. The second kappa shape index (κ2) is 10.1. The molecular formula is C29H26N4O4. The summed E-state index contributed by atoms with van der Waals surface area (Å²) in [5, 5.41) is 16.3. The highest BCUT2D eigenvalue weighted by Crippen LogP contribution is 2.33. The van der Waals surface area contributed by atoms with Crippen molar-refractivity contribution >= 4 is 39.1 Å². The molecule has 5 rings (SSSR count). The van der Waals surface area contributed by atoms with Crippen LogP contribution in [0.5, 0.6) is 5.75 Å². The Morgan fingerprint density at radius 3 is 2.73 bits per heavy atom. The predicted octanol–water partition coefficient (Wildman–Crippen LogP) is 6.57. The Kier molecular flexibility index (Phi) is 6.55. The third-order valence-electron chi connectivity index (χ3n) is 6.42. The van der Waals surface area contributed by atoms with Gasteiger partial charge in [-0.15, -0.1) is 0 Å². The fourth-order valence-corrected chi connectivity index (χ4v) is 4.58. The third-order valence-corrected chi connectivity index (χ3v) is 6.42. The number of anilines is 1. The summed E-state index contributed by atoms with van der Waals surface area (Å²) in [6, 6.07) is 22.7. The van der Waals surface area contributed by atoms with Crippen molar-refractivity contribution in [1.29, 1.82) is 0 Å². The number of pyridine rings is 1. The maximum absolute atomic E-state index is 12.7. The number of hydrogen-bond acceptors (Lipinski definition) is 5. The Bertz CT molecular complexity index is 1640. The van der Waals surface area contributed by atoms with Crippen LogP contribution in [0.25, 0.3) is 33.2 Å². The first-order valence-corrected chi connectivity index (χ1v) is 12.0. The number of benzene rings is 3. The summed E-state index contributed by atoms with van der Waals surface area (Å²) in [5.41, 5.74) is 5.92. The van der Waals surface area contributed by atoms with Crippen molar-refractivity contribution in [2.75, 3.05) is 12.4 Å². The summed E-state index contributed by atoms with van der Waals surface area (Å²) >= 11 is 0. The van der Waals surface area contributed by atoms with Gasteiger partial charge in [0.05, 0.1) is 35.0 Å². The number of rotatable bonds is 8. The van der Waals surface area contributed by atoms with Crippen molar-refractivity contribution in [2.24, 2.45) is 0 Å². The lowest BCUT2D eigenvalue weighted by atomic mass is 10.0. The van der Waals surface area contributed by atoms with Gasteiger partial charge in [0.1, 0.15) is 11.4 Å². The Morgan fingerprint density at radius 1 is 1.08 bits per heavy atom. The second-order valence-corrected chi connectivity index (χ2v) is 8.96. The van der Waals surface area contributed by atoms with Crippen LogP contribution in [0.4, 0.5) is 11.4 Å². The largest absolute Gasteiger partial charge is 0.496 e. The number of aromatic nitrogens is 2. The van der Waals surface area contributed by atoms with Gasteiger partial charge in [-0.1, -0.05) is 35.9 Å². The lowest BCUT2D eigenvalue weighted by Gasteiger charge is -2.09. The van der Waals surface area contributed by atoms with E-state index in [4.69, 9.17) is 9.72 Å². The molecule has 37 heavy (non-hydrogen) atoms. The van der Waals surface area contributed by atoms with E-state index in [0.717, 1.165) is 44.3 Å². The number of nitrogens with one attached hydrogen (secondary N) is 2. The number of nitrogens with zero attached hydrogens (tertiary/aromatic N) is 2. The standard InChI is InChI=1S/C29H26N4O4/c1-18-10-13-24-22(16-18)21(29(32-24)26-14-11-19-6-3-4-8-23(19)30-26)7-5-9-28(34)31-25-15-12-20(37-2)17-27(25)33(35)36/h3-4,6,8,10-17,32H,5,7,9H2,1-2H3,(H,31,34). The molecule has 0 saturated heterocycles. The molecule has 0 aliphatic carbocycles. The Balaban J connectivity index is 1.38. The van der Waals surface area contributed by atoms with Gasteiger partial charge in [-0.2, -0.15) is 0 Å². The molecule has 3 aromatic carbocycles. The van der Waals surface area contributed by atoms with Gasteiger partial charge in [0.15, 0.2) is 0 Å². The van der Waals surface area contributed by atoms with E-state index in [2.05, 4.69) is 41.5 Å². The summed E-state index contributed by atoms with van der Waals surface area (Å²) < 4.78 is 5.06. The van der Waals surface area contributed by atoms with E-state index in [9.17, 15) is 14.9 Å². The molecule has 1 amide bonds. The van der Waals surface area contributed by atoms with Crippen molar-refractivity contribution < 1.29 is 14.5 Å². The summed E-state index contributed by atoms with van der Waals surface area (Å²) in [7, 11) is 1.44. The maximum atomic E-state index is 12.7. The van der Waals surface area contributed by atoms with Crippen LogP contribution < -0.4 is 10.1 Å². The SMILES string of the molecule is COc1ccc(NC(=O)CCCc2c(-c3ccc4ccccc4n3)[nH]c3ccc(C)cc23)c([N+](=O)[O-])c1. The molecule has 0 radical (unpaired) electrons. The quantitative estimate of drug-likeness (QED) is 0.187. The van der Waals surface area contributed by atoms with Crippen molar-refractivity contribution in [2.45, 2.75) is 26.2 Å². The number of nitro groups is 1. The van der Waals surface area contributed by atoms with Crippen molar-refractivity contribution in [3.8, 4) is 17.1 Å². The van der Waals surface area contributed by atoms with Gasteiger partial charge in [-0.25, -0.2) is 4.98 Å². The number of aryl methyl sites for hydroxylation is 2. The number of carbonyl (C=O) groups is 1. The van der Waals surface area contributed by atoms with Crippen molar-refractivity contribution in [3.63, 3.8) is 0 Å². The normalized spacial score (nSPS) is 11.1. The van der Waals surface area contributed by atoms with Gasteiger partial charge in [-0.05, 0) is 61.7 Å². The monoisotopic (exact) mass is 494 g/mol. The van der Waals surface area contributed by atoms with E-state index in [0.29, 0.717) is 18.6 Å². The molecule has 0 saturated carbocycles. The van der Waals surface area contributed by atoms with Crippen LogP contribution in [-0.4, -0.2) is 27.9 Å². The Morgan fingerprint density at radius 2 is 1.92 bits per heavy atom. The molecule has 0 atom stereocenters. The maximum Gasteiger partial charge on any atom is 0.296 e. The summed E-state index contributed by atoms with van der Waals surface area (Å²) in [4.78, 5) is 32.0. The zero-order valence-electron chi connectivity index (χ0n) is 20.6. The number of para-hydroxylation sites is 1. The number of fused-ring (bicyclic) bond motifs is 2. The van der Waals surface area contributed by atoms with Crippen LogP contribution in [0.2, 0.25) is 0 Å². The first kappa shape index (κ1) is 24.0. The van der Waals surface area contributed by atoms with Gasteiger partial charge in [0.25, 0.3) is 5.69 Å². The smallest absolute Gasteiger partial charge is 0.296 e. The molecule has 2 heterocycles. The summed E-state index contributed by atoms with van der Waals surface area (Å²) in [6.07, 6.45) is 1.43. The zero-order valence-corrected chi connectivity index (χ0v) is 20.6. The van der Waals surface area contributed by atoms with E-state index in [1.165, 1.54) is 19.2 Å². The van der Waals surface area contributed by atoms with E-state index < -0.39 is 4.92 Å². The number of ether oxygens (including phenoxy) is 1. The highest BCUT2D eigenvalue weighted by atomic mass is 16.6. The number of amides is 1. The molecule has 8 nitrogen and oxygen atoms in total. The Labute approximate surface area is 213 Å². The minimum Gasteiger partial charge on any atom is -0.496 e.